The van der Waals surface area contributed by atoms with Gasteiger partial charge in [0.25, 0.3) is 0 Å². The van der Waals surface area contributed by atoms with Crippen molar-refractivity contribution in [1.82, 2.24) is 0 Å². The zero-order chi connectivity index (χ0) is 18.7. The molecule has 0 aliphatic rings. The van der Waals surface area contributed by atoms with Gasteiger partial charge in [-0.1, -0.05) is 102 Å². The largest absolute Gasteiger partial charge is 0.508 e. The minimum Gasteiger partial charge on any atom is -0.508 e. The predicted molar refractivity (Wildman–Crippen MR) is 108 cm³/mol. The molecule has 0 bridgehead atoms. The van der Waals surface area contributed by atoms with Crippen LogP contribution in [0.1, 0.15) is 44.4 Å². The average Bonchev–Trinajstić information content (AvgIpc) is 2.60. The third kappa shape index (κ3) is 3.61. The number of hydrogen-bond acceptors (Lipinski definition) is 1. The number of hydrogen-bond donors (Lipinski definition) is 1. The molecule has 130 valence electrons. The lowest BCUT2D eigenvalue weighted by Crippen LogP contribution is -2.23. The second kappa shape index (κ2) is 7.14. The lowest BCUT2D eigenvalue weighted by molar-refractivity contribution is 0.451. The predicted octanol–water partition coefficient (Wildman–Crippen LogP) is 6.29. The lowest BCUT2D eigenvalue weighted by Gasteiger charge is -2.31. The molecule has 25 heavy (non-hydrogen) atoms. The van der Waals surface area contributed by atoms with Gasteiger partial charge >= 0.3 is 0 Å². The second-order valence-corrected chi connectivity index (χ2v) is 7.41. The van der Waals surface area contributed by atoms with Crippen molar-refractivity contribution in [3.8, 4) is 5.75 Å². The fourth-order valence-electron chi connectivity index (χ4n) is 3.26. The molecule has 0 aliphatic heterocycles. The summed E-state index contributed by atoms with van der Waals surface area (Å²) in [5, 5.41) is 10.5. The van der Waals surface area contributed by atoms with E-state index in [9.17, 15) is 5.11 Å². The zero-order valence-electron chi connectivity index (χ0n) is 15.7. The van der Waals surface area contributed by atoms with Gasteiger partial charge in [-0.25, -0.2) is 0 Å². The Hall–Kier alpha value is -2.54. The van der Waals surface area contributed by atoms with E-state index >= 15 is 0 Å². The highest BCUT2D eigenvalue weighted by molar-refractivity contribution is 5.51. The molecule has 2 aromatic rings. The maximum Gasteiger partial charge on any atom is 0.119 e. The minimum absolute atomic E-state index is 0.156. The molecule has 0 saturated heterocycles. The maximum atomic E-state index is 10.5. The third-order valence-corrected chi connectivity index (χ3v) is 5.13. The van der Waals surface area contributed by atoms with E-state index in [1.165, 1.54) is 11.1 Å². The smallest absolute Gasteiger partial charge is 0.119 e. The van der Waals surface area contributed by atoms with Crippen molar-refractivity contribution in [2.24, 2.45) is 0 Å². The van der Waals surface area contributed by atoms with Crippen molar-refractivity contribution in [2.45, 2.75) is 38.5 Å². The fraction of sp³-hybridized carbons (Fsp3) is 0.250. The summed E-state index contributed by atoms with van der Waals surface area (Å²) in [4.78, 5) is 0. The van der Waals surface area contributed by atoms with Gasteiger partial charge in [0, 0.05) is 16.4 Å². The Bertz CT molecular complexity index is 792. The summed E-state index contributed by atoms with van der Waals surface area (Å²) in [5.74, 6) is 0.300. The first-order valence-corrected chi connectivity index (χ1v) is 8.60. The van der Waals surface area contributed by atoms with E-state index in [1.54, 1.807) is 12.1 Å². The van der Waals surface area contributed by atoms with Crippen molar-refractivity contribution in [3.63, 3.8) is 0 Å². The summed E-state index contributed by atoms with van der Waals surface area (Å²) < 4.78 is 0. The van der Waals surface area contributed by atoms with Crippen LogP contribution >= 0.6 is 0 Å². The number of phenols is 1. The molecule has 0 radical (unpaired) electrons. The first-order valence-electron chi connectivity index (χ1n) is 8.60. The Morgan fingerprint density at radius 3 is 2.12 bits per heavy atom. The van der Waals surface area contributed by atoms with Gasteiger partial charge in [0.15, 0.2) is 0 Å². The van der Waals surface area contributed by atoms with Gasteiger partial charge in [0.05, 0.1) is 0 Å². The van der Waals surface area contributed by atoms with E-state index in [1.807, 2.05) is 24.3 Å². The zero-order valence-corrected chi connectivity index (χ0v) is 15.7. The van der Waals surface area contributed by atoms with Gasteiger partial charge in [-0.2, -0.15) is 0 Å². The van der Waals surface area contributed by atoms with Crippen LogP contribution in [0.15, 0.2) is 85.5 Å². The maximum absolute atomic E-state index is 10.5. The van der Waals surface area contributed by atoms with Crippen LogP contribution in [-0.2, 0) is 10.8 Å². The van der Waals surface area contributed by atoms with Gasteiger partial charge in [0.2, 0.25) is 0 Å². The van der Waals surface area contributed by atoms with Crippen LogP contribution in [-0.4, -0.2) is 5.11 Å². The minimum atomic E-state index is -0.372. The van der Waals surface area contributed by atoms with Crippen molar-refractivity contribution in [3.05, 3.63) is 102 Å². The van der Waals surface area contributed by atoms with Crippen LogP contribution < -0.4 is 0 Å². The highest BCUT2D eigenvalue weighted by Crippen LogP contribution is 2.41. The molecule has 1 heteroatoms. The number of aromatic hydroxyl groups is 1. The first kappa shape index (κ1) is 18.8. The summed E-state index contributed by atoms with van der Waals surface area (Å²) in [6, 6.07) is 16.4. The molecule has 1 N–H and O–H groups in total. The van der Waals surface area contributed by atoms with E-state index in [-0.39, 0.29) is 10.8 Å². The molecule has 0 atom stereocenters. The van der Waals surface area contributed by atoms with Crippen molar-refractivity contribution < 1.29 is 5.11 Å². The highest BCUT2D eigenvalue weighted by atomic mass is 16.3. The second-order valence-electron chi connectivity index (χ2n) is 7.41. The Morgan fingerprint density at radius 2 is 1.56 bits per heavy atom. The fourth-order valence-corrected chi connectivity index (χ4v) is 3.26. The molecule has 0 spiro atoms. The SMILES string of the molecule is C=C/C=C(\C=C)C(C)(C)c1cc(C(C)(C)c2ccccc2)ccc1O. The summed E-state index contributed by atoms with van der Waals surface area (Å²) in [6.07, 6.45) is 5.53. The molecule has 0 saturated carbocycles. The van der Waals surface area contributed by atoms with Crippen LogP contribution in [0.2, 0.25) is 0 Å². The number of benzene rings is 2. The molecule has 1 nitrogen and oxygen atoms in total. The van der Waals surface area contributed by atoms with Crippen LogP contribution in [0.5, 0.6) is 5.75 Å². The Kier molecular flexibility index (Phi) is 5.37. The van der Waals surface area contributed by atoms with Gasteiger partial charge in [0.1, 0.15) is 5.75 Å². The van der Waals surface area contributed by atoms with Crippen LogP contribution in [0.3, 0.4) is 0 Å². The van der Waals surface area contributed by atoms with Crippen LogP contribution in [0.25, 0.3) is 0 Å². The van der Waals surface area contributed by atoms with Gasteiger partial charge in [-0.05, 0) is 22.8 Å². The van der Waals surface area contributed by atoms with E-state index in [0.717, 1.165) is 11.1 Å². The summed E-state index contributed by atoms with van der Waals surface area (Å²) >= 11 is 0. The topological polar surface area (TPSA) is 20.2 Å². The number of phenolic OH excluding ortho intramolecular Hbond substituents is 1. The Balaban J connectivity index is 2.60. The molecule has 0 unspecified atom stereocenters. The van der Waals surface area contributed by atoms with Gasteiger partial charge in [-0.3, -0.25) is 0 Å². The first-order chi connectivity index (χ1) is 11.7. The lowest BCUT2D eigenvalue weighted by atomic mass is 9.72. The van der Waals surface area contributed by atoms with Crippen molar-refractivity contribution in [2.75, 3.05) is 0 Å². The number of rotatable bonds is 6. The molecule has 2 aromatic carbocycles. The third-order valence-electron chi connectivity index (χ3n) is 5.13. The molecular formula is C24H28O. The molecule has 0 amide bonds. The summed E-state index contributed by atoms with van der Waals surface area (Å²) in [5.41, 5.74) is 3.80. The Morgan fingerprint density at radius 1 is 0.920 bits per heavy atom. The van der Waals surface area contributed by atoms with Crippen LogP contribution in [0, 0.1) is 0 Å². The number of allylic oxidation sites excluding steroid dienone is 4. The molecule has 0 aliphatic carbocycles. The standard InChI is InChI=1S/C24H28O/c1-7-12-18(8-2)24(5,6)21-17-20(15-16-22(21)25)23(3,4)19-13-10-9-11-14-19/h7-17,25H,1-2H2,3-6H3/b18-12+. The Labute approximate surface area is 152 Å². The monoisotopic (exact) mass is 332 g/mol. The van der Waals surface area contributed by atoms with Crippen LogP contribution in [0.4, 0.5) is 0 Å². The molecule has 0 aromatic heterocycles. The van der Waals surface area contributed by atoms with Gasteiger partial charge in [-0.15, -0.1) is 0 Å². The molecular weight excluding hydrogens is 304 g/mol. The van der Waals surface area contributed by atoms with E-state index < -0.39 is 0 Å². The average molecular weight is 332 g/mol. The van der Waals surface area contributed by atoms with E-state index in [4.69, 9.17) is 0 Å². The molecule has 0 fully saturated rings. The summed E-state index contributed by atoms with van der Waals surface area (Å²) in [7, 11) is 0. The molecule has 0 heterocycles. The van der Waals surface area contributed by atoms with Crippen molar-refractivity contribution >= 4 is 0 Å². The van der Waals surface area contributed by atoms with E-state index in [2.05, 4.69) is 71.2 Å². The van der Waals surface area contributed by atoms with Crippen molar-refractivity contribution in [1.29, 1.82) is 0 Å². The normalized spacial score (nSPS) is 12.7. The quantitative estimate of drug-likeness (QED) is 0.616. The van der Waals surface area contributed by atoms with E-state index in [0.29, 0.717) is 5.75 Å². The molecule has 2 rings (SSSR count). The highest BCUT2D eigenvalue weighted by Gasteiger charge is 2.30. The summed E-state index contributed by atoms with van der Waals surface area (Å²) in [6.45, 7) is 16.3. The van der Waals surface area contributed by atoms with Gasteiger partial charge < -0.3 is 5.11 Å².